The zero-order valence-electron chi connectivity index (χ0n) is 53.3. The molecule has 0 fully saturated rings. The summed E-state index contributed by atoms with van der Waals surface area (Å²) in [6, 6.07) is 111. The van der Waals surface area contributed by atoms with Crippen LogP contribution in [0.25, 0.3) is 193 Å². The van der Waals surface area contributed by atoms with Gasteiger partial charge in [0.25, 0.3) is 0 Å². The van der Waals surface area contributed by atoms with Gasteiger partial charge >= 0.3 is 0 Å². The van der Waals surface area contributed by atoms with Crippen LogP contribution in [0.2, 0.25) is 0 Å². The maximum absolute atomic E-state index is 6.54. The van der Waals surface area contributed by atoms with Crippen LogP contribution in [0.15, 0.2) is 338 Å². The van der Waals surface area contributed by atoms with Gasteiger partial charge in [-0.3, -0.25) is 9.13 Å². The summed E-state index contributed by atoms with van der Waals surface area (Å²) < 4.78 is 32.7. The first kappa shape index (κ1) is 60.6. The van der Waals surface area contributed by atoms with E-state index in [0.29, 0.717) is 0 Å². The summed E-state index contributed by atoms with van der Waals surface area (Å²) in [6.45, 7) is 0. The second-order valence-electron chi connectivity index (χ2n) is 24.9. The third kappa shape index (κ3) is 9.83. The summed E-state index contributed by atoms with van der Waals surface area (Å²) in [6.07, 6.45) is 0. The van der Waals surface area contributed by atoms with Crippen LogP contribution in [-0.2, 0) is 0 Å². The Hall–Kier alpha value is -11.8. The number of nitrogens with one attached hydrogen (secondary N) is 1. The zero-order valence-corrected chi connectivity index (χ0v) is 57.0. The van der Waals surface area contributed by atoms with Crippen molar-refractivity contribution < 1.29 is 17.7 Å². The Labute approximate surface area is 595 Å². The summed E-state index contributed by atoms with van der Waals surface area (Å²) in [5, 5.41) is 16.6. The van der Waals surface area contributed by atoms with Gasteiger partial charge in [-0.15, -0.1) is 0 Å². The van der Waals surface area contributed by atoms with E-state index >= 15 is 0 Å². The highest BCUT2D eigenvalue weighted by Crippen LogP contribution is 2.44. The monoisotopic (exact) mass is 1470 g/mol. The summed E-state index contributed by atoms with van der Waals surface area (Å²) in [5.41, 5.74) is 22.3. The van der Waals surface area contributed by atoms with Crippen molar-refractivity contribution in [3.8, 4) is 39.3 Å². The first-order valence-electron chi connectivity index (χ1n) is 32.9. The molecule has 0 aliphatic carbocycles. The molecule has 0 saturated carbocycles. The van der Waals surface area contributed by atoms with Crippen LogP contribution in [0.4, 0.5) is 0 Å². The highest BCUT2D eigenvalue weighted by atomic mass is 127. The van der Waals surface area contributed by atoms with Crippen LogP contribution in [0, 0.1) is 0 Å². The molecule has 1 N–H and O–H groups in total. The van der Waals surface area contributed by atoms with Gasteiger partial charge in [0.05, 0.1) is 44.2 Å². The second kappa shape index (κ2) is 24.6. The predicted molar refractivity (Wildman–Crippen MR) is 431 cm³/mol. The maximum Gasteiger partial charge on any atom is 0.213 e. The minimum atomic E-state index is 0. The van der Waals surface area contributed by atoms with E-state index in [1.54, 1.807) is 0 Å². The predicted octanol–water partition coefficient (Wildman–Crippen LogP) is 27.1. The highest BCUT2D eigenvalue weighted by molar-refractivity contribution is 14.1. The summed E-state index contributed by atoms with van der Waals surface area (Å²) in [5.74, 6) is 0. The van der Waals surface area contributed by atoms with E-state index in [1.165, 1.54) is 76.5 Å². The minimum Gasteiger partial charge on any atom is -0.456 e. The fourth-order valence-electron chi connectivity index (χ4n) is 15.0. The summed E-state index contributed by atoms with van der Waals surface area (Å²) in [7, 11) is 0. The molecule has 478 valence electrons. The normalized spacial score (nSPS) is 11.7. The molecule has 0 spiro atoms. The van der Waals surface area contributed by atoms with Crippen molar-refractivity contribution in [1.82, 2.24) is 18.7 Å². The minimum absolute atomic E-state index is 0. The van der Waals surface area contributed by atoms with Crippen LogP contribution in [-0.4, -0.2) is 23.6 Å². The number of hydrogen-bond acceptors (Lipinski definition) is 4. The van der Waals surface area contributed by atoms with Gasteiger partial charge in [0.15, 0.2) is 0 Å². The Balaban J connectivity index is 0.000000117. The van der Waals surface area contributed by atoms with Gasteiger partial charge in [-0.05, 0) is 161 Å². The van der Waals surface area contributed by atoms with Crippen LogP contribution in [0.3, 0.4) is 0 Å². The SMILES string of the molecule is Brc1cccc(-n2c3ccccc3c3c4ccccc4oc32)c1.C.CI.c1cc(-n2c3ccccc3c3cc(-c4ccc5oc6ccccc6c5c4)ccc32)cc(-n2c3ccccc3c3c4ccccc4oc32)c1.c1ccc2c(c1)[nH]c1ccc(-c3ccc4oc5ccccc5c4c3)cc12. The quantitative estimate of drug-likeness (QED) is 0.137. The fraction of sp³-hybridized carbons (Fsp3) is 0.0222. The second-order valence-corrected chi connectivity index (χ2v) is 25.8. The Morgan fingerprint density at radius 2 is 0.620 bits per heavy atom. The maximum atomic E-state index is 6.54. The number of furan rings is 4. The molecule has 0 aliphatic rings. The average molecular weight is 1470 g/mol. The van der Waals surface area contributed by atoms with Crippen LogP contribution < -0.4 is 0 Å². The molecule has 0 aliphatic heterocycles. The van der Waals surface area contributed by atoms with Crippen molar-refractivity contribution in [2.24, 2.45) is 0 Å². The number of hydrogen-bond donors (Lipinski definition) is 1. The number of nitrogens with zero attached hydrogens (tertiary/aromatic N) is 3. The van der Waals surface area contributed by atoms with Crippen LogP contribution in [0.1, 0.15) is 7.43 Å². The van der Waals surface area contributed by atoms with E-state index in [-0.39, 0.29) is 7.43 Å². The van der Waals surface area contributed by atoms with Gasteiger partial charge in [-0.25, -0.2) is 0 Å². The Morgan fingerprint density at radius 3 is 1.16 bits per heavy atom. The molecular formula is C90H60BrIN4O4. The lowest BCUT2D eigenvalue weighted by Gasteiger charge is -2.12. The van der Waals surface area contributed by atoms with Crippen molar-refractivity contribution in [2.75, 3.05) is 4.93 Å². The number of fused-ring (bicyclic) bond motifs is 22. The van der Waals surface area contributed by atoms with Crippen molar-refractivity contribution >= 4 is 192 Å². The number of rotatable bonds is 5. The van der Waals surface area contributed by atoms with Crippen molar-refractivity contribution in [3.63, 3.8) is 0 Å². The molecule has 0 bridgehead atoms. The number of benzene rings is 14. The third-order valence-electron chi connectivity index (χ3n) is 19.4. The smallest absolute Gasteiger partial charge is 0.213 e. The lowest BCUT2D eigenvalue weighted by Crippen LogP contribution is -1.98. The standard InChI is InChI=1S/C44H26N2O2.C24H15NO.C20H12BrNO.CH3I.CH4/c1-5-16-37-31(12-1)35-24-27(28-21-23-42-36(25-28)32-13-3-7-18-40(32)47-42)20-22-39(35)45(37)29-10-9-11-30(26-29)46-38-17-6-2-14-33(38)43-34-15-4-8-19-41(34)48-44(43)46;1-3-7-21-17(5-1)19-13-15(9-11-22(19)25-21)16-10-12-24-20(14-16)18-6-2-4-8-23(18)26-24;21-13-6-5-7-14(12-13)22-17-10-3-1-8-15(17)19-16-9-2-4-11-18(16)23-20(19)22;1-2;/h1-26H;1-14,25H;1-12H;1H3;1H4. The molecule has 8 aromatic heterocycles. The Kier molecular flexibility index (Phi) is 14.9. The number of alkyl halides is 1. The molecule has 0 atom stereocenters. The Morgan fingerprint density at radius 1 is 0.260 bits per heavy atom. The molecule has 22 aromatic rings. The molecule has 22 rings (SSSR count). The van der Waals surface area contributed by atoms with Gasteiger partial charge < -0.3 is 27.2 Å². The van der Waals surface area contributed by atoms with E-state index in [1.807, 2.05) is 65.6 Å². The topological polar surface area (TPSA) is 83.1 Å². The molecular weight excluding hydrogens is 1410 g/mol. The highest BCUT2D eigenvalue weighted by Gasteiger charge is 2.23. The van der Waals surface area contributed by atoms with Gasteiger partial charge in [-0.2, -0.15) is 0 Å². The number of aromatic amines is 1. The average Bonchev–Trinajstić information content (AvgIpc) is 1.57. The molecule has 0 amide bonds. The molecule has 14 aromatic carbocycles. The van der Waals surface area contributed by atoms with E-state index in [4.69, 9.17) is 17.7 Å². The largest absolute Gasteiger partial charge is 0.456 e. The molecule has 0 saturated heterocycles. The van der Waals surface area contributed by atoms with Gasteiger partial charge in [-0.1, -0.05) is 228 Å². The van der Waals surface area contributed by atoms with Crippen molar-refractivity contribution in [2.45, 2.75) is 7.43 Å². The number of aromatic nitrogens is 4. The van der Waals surface area contributed by atoms with Gasteiger partial charge in [0, 0.05) is 85.8 Å². The molecule has 8 nitrogen and oxygen atoms in total. The van der Waals surface area contributed by atoms with Gasteiger partial charge in [0.2, 0.25) is 11.4 Å². The zero-order chi connectivity index (χ0) is 65.8. The van der Waals surface area contributed by atoms with Crippen LogP contribution >= 0.6 is 38.5 Å². The molecule has 0 radical (unpaired) electrons. The van der Waals surface area contributed by atoms with Crippen molar-refractivity contribution in [1.29, 1.82) is 0 Å². The molecule has 8 heterocycles. The van der Waals surface area contributed by atoms with E-state index in [9.17, 15) is 0 Å². The van der Waals surface area contributed by atoms with Crippen molar-refractivity contribution in [3.05, 3.63) is 320 Å². The van der Waals surface area contributed by atoms with E-state index in [0.717, 1.165) is 121 Å². The molecule has 0 unspecified atom stereocenters. The first-order chi connectivity index (χ1) is 49.0. The lowest BCUT2D eigenvalue weighted by atomic mass is 10.0. The van der Waals surface area contributed by atoms with E-state index in [2.05, 4.69) is 312 Å². The molecule has 10 heteroatoms. The molecule has 100 heavy (non-hydrogen) atoms. The number of H-pyrrole nitrogens is 1. The number of halogens is 2. The lowest BCUT2D eigenvalue weighted by molar-refractivity contribution is 0.645. The van der Waals surface area contributed by atoms with Crippen LogP contribution in [0.5, 0.6) is 0 Å². The Bertz CT molecular complexity index is 6840. The third-order valence-corrected chi connectivity index (χ3v) is 19.9. The fourth-order valence-corrected chi connectivity index (χ4v) is 15.4. The van der Waals surface area contributed by atoms with Gasteiger partial charge in [0.1, 0.15) is 33.5 Å². The number of para-hydroxylation sites is 8. The van der Waals surface area contributed by atoms with E-state index < -0.39 is 0 Å². The summed E-state index contributed by atoms with van der Waals surface area (Å²) >= 11 is 5.72. The summed E-state index contributed by atoms with van der Waals surface area (Å²) in [4.78, 5) is 5.46. The first-order valence-corrected chi connectivity index (χ1v) is 35.9.